The van der Waals surface area contributed by atoms with E-state index in [0.29, 0.717) is 5.92 Å². The Balaban J connectivity index is 1.85. The fourth-order valence-corrected chi connectivity index (χ4v) is 4.30. The van der Waals surface area contributed by atoms with E-state index >= 15 is 0 Å². The summed E-state index contributed by atoms with van der Waals surface area (Å²) in [6, 6.07) is 19.3. The van der Waals surface area contributed by atoms with Crippen LogP contribution >= 0.6 is 11.8 Å². The highest BCUT2D eigenvalue weighted by atomic mass is 32.2. The highest BCUT2D eigenvalue weighted by Crippen LogP contribution is 2.33. The van der Waals surface area contributed by atoms with Crippen LogP contribution in [0.4, 0.5) is 0 Å². The molecule has 0 fully saturated rings. The molecule has 0 saturated heterocycles. The fraction of sp³-hybridized carbons (Fsp3) is 0.227. The van der Waals surface area contributed by atoms with Crippen LogP contribution in [0.15, 0.2) is 71.9 Å². The maximum atomic E-state index is 5.30. The molecule has 1 unspecified atom stereocenters. The first-order chi connectivity index (χ1) is 12.2. The van der Waals surface area contributed by atoms with Crippen LogP contribution in [0.3, 0.4) is 0 Å². The van der Waals surface area contributed by atoms with Crippen molar-refractivity contribution in [3.8, 4) is 5.75 Å². The number of nitrogens with zero attached hydrogens (tertiary/aromatic N) is 1. The summed E-state index contributed by atoms with van der Waals surface area (Å²) in [6.45, 7) is 4.31. The van der Waals surface area contributed by atoms with Gasteiger partial charge in [-0.1, -0.05) is 18.2 Å². The van der Waals surface area contributed by atoms with Gasteiger partial charge in [0.15, 0.2) is 0 Å². The van der Waals surface area contributed by atoms with Gasteiger partial charge >= 0.3 is 0 Å². The molecule has 0 spiro atoms. The van der Waals surface area contributed by atoms with Crippen LogP contribution in [0.2, 0.25) is 0 Å². The van der Waals surface area contributed by atoms with Gasteiger partial charge in [-0.2, -0.15) is 0 Å². The molecule has 0 aliphatic heterocycles. The SMILES string of the molecule is COc1ccc(C(CSc2cc(C)cc(C)c2)c2ccncc2)cc1. The molecule has 25 heavy (non-hydrogen) atoms. The summed E-state index contributed by atoms with van der Waals surface area (Å²) in [7, 11) is 1.70. The topological polar surface area (TPSA) is 22.1 Å². The van der Waals surface area contributed by atoms with Gasteiger partial charge < -0.3 is 4.74 Å². The van der Waals surface area contributed by atoms with E-state index in [9.17, 15) is 0 Å². The molecule has 0 aliphatic rings. The normalized spacial score (nSPS) is 12.0. The lowest BCUT2D eigenvalue weighted by molar-refractivity contribution is 0.414. The van der Waals surface area contributed by atoms with Gasteiger partial charge in [-0.05, 0) is 72.5 Å². The van der Waals surface area contributed by atoms with Crippen molar-refractivity contribution >= 4 is 11.8 Å². The number of methoxy groups -OCH3 is 1. The molecule has 1 atom stereocenters. The van der Waals surface area contributed by atoms with Gasteiger partial charge in [-0.3, -0.25) is 4.98 Å². The van der Waals surface area contributed by atoms with Crippen molar-refractivity contribution in [1.82, 2.24) is 4.98 Å². The van der Waals surface area contributed by atoms with Crippen LogP contribution in [0.5, 0.6) is 5.75 Å². The number of rotatable bonds is 6. The Morgan fingerprint density at radius 2 is 1.48 bits per heavy atom. The molecule has 0 N–H and O–H groups in total. The molecule has 1 aromatic heterocycles. The third kappa shape index (κ3) is 4.64. The van der Waals surface area contributed by atoms with Crippen LogP contribution < -0.4 is 4.74 Å². The molecule has 0 bridgehead atoms. The first-order valence-corrected chi connectivity index (χ1v) is 9.39. The number of aromatic nitrogens is 1. The lowest BCUT2D eigenvalue weighted by Gasteiger charge is -2.18. The molecule has 2 nitrogen and oxygen atoms in total. The molecule has 0 saturated carbocycles. The van der Waals surface area contributed by atoms with Gasteiger partial charge in [0.25, 0.3) is 0 Å². The van der Waals surface area contributed by atoms with E-state index in [1.54, 1.807) is 7.11 Å². The minimum absolute atomic E-state index is 0.319. The Morgan fingerprint density at radius 1 is 0.880 bits per heavy atom. The number of ether oxygens (including phenoxy) is 1. The van der Waals surface area contributed by atoms with Crippen LogP contribution in [-0.4, -0.2) is 17.8 Å². The fourth-order valence-electron chi connectivity index (χ4n) is 3.01. The second-order valence-electron chi connectivity index (χ2n) is 6.24. The zero-order valence-corrected chi connectivity index (χ0v) is 15.7. The molecular weight excluding hydrogens is 326 g/mol. The van der Waals surface area contributed by atoms with E-state index in [1.807, 2.05) is 36.3 Å². The lowest BCUT2D eigenvalue weighted by Crippen LogP contribution is -2.04. The molecule has 0 radical (unpaired) electrons. The number of hydrogen-bond donors (Lipinski definition) is 0. The summed E-state index contributed by atoms with van der Waals surface area (Å²) in [6.07, 6.45) is 3.74. The maximum Gasteiger partial charge on any atom is 0.118 e. The summed E-state index contributed by atoms with van der Waals surface area (Å²) >= 11 is 1.90. The molecule has 3 aromatic rings. The predicted molar refractivity (Wildman–Crippen MR) is 106 cm³/mol. The van der Waals surface area contributed by atoms with Gasteiger partial charge in [0.1, 0.15) is 5.75 Å². The first kappa shape index (κ1) is 17.6. The molecule has 3 rings (SSSR count). The van der Waals surface area contributed by atoms with E-state index in [-0.39, 0.29) is 0 Å². The Labute approximate surface area is 154 Å². The average molecular weight is 349 g/mol. The van der Waals surface area contributed by atoms with Crippen LogP contribution in [0.25, 0.3) is 0 Å². The van der Waals surface area contributed by atoms with Gasteiger partial charge in [-0.25, -0.2) is 0 Å². The zero-order valence-electron chi connectivity index (χ0n) is 14.9. The Kier molecular flexibility index (Phi) is 5.77. The number of hydrogen-bond acceptors (Lipinski definition) is 3. The average Bonchev–Trinajstić information content (AvgIpc) is 2.62. The standard InChI is InChI=1S/C22H23NOS/c1-16-12-17(2)14-21(13-16)25-15-22(19-8-10-23-11-9-19)18-4-6-20(24-3)7-5-18/h4-14,22H,15H2,1-3H3. The number of pyridine rings is 1. The molecule has 128 valence electrons. The predicted octanol–water partition coefficient (Wildman–Crippen LogP) is 5.63. The maximum absolute atomic E-state index is 5.30. The summed E-state index contributed by atoms with van der Waals surface area (Å²) in [5.41, 5.74) is 5.21. The van der Waals surface area contributed by atoms with Gasteiger partial charge in [0.05, 0.1) is 7.11 Å². The second kappa shape index (κ2) is 8.21. The number of thioether (sulfide) groups is 1. The van der Waals surface area contributed by atoms with E-state index < -0.39 is 0 Å². The zero-order chi connectivity index (χ0) is 17.6. The third-order valence-corrected chi connectivity index (χ3v) is 5.31. The van der Waals surface area contributed by atoms with E-state index in [0.717, 1.165) is 11.5 Å². The Bertz CT molecular complexity index is 795. The van der Waals surface area contributed by atoms with Crippen molar-refractivity contribution in [2.75, 3.05) is 12.9 Å². The van der Waals surface area contributed by atoms with Crippen LogP contribution in [0, 0.1) is 13.8 Å². The first-order valence-electron chi connectivity index (χ1n) is 8.40. The smallest absolute Gasteiger partial charge is 0.118 e. The molecule has 0 amide bonds. The van der Waals surface area contributed by atoms with E-state index in [1.165, 1.54) is 27.1 Å². The van der Waals surface area contributed by atoms with Gasteiger partial charge in [-0.15, -0.1) is 11.8 Å². The third-order valence-electron chi connectivity index (χ3n) is 4.24. The minimum Gasteiger partial charge on any atom is -0.497 e. The lowest BCUT2D eigenvalue weighted by atomic mass is 9.94. The van der Waals surface area contributed by atoms with Crippen LogP contribution in [-0.2, 0) is 0 Å². The quantitative estimate of drug-likeness (QED) is 0.538. The summed E-state index contributed by atoms with van der Waals surface area (Å²) in [4.78, 5) is 5.49. The van der Waals surface area contributed by atoms with Crippen molar-refractivity contribution in [2.24, 2.45) is 0 Å². The molecule has 3 heteroatoms. The summed E-state index contributed by atoms with van der Waals surface area (Å²) in [5, 5.41) is 0. The molecule has 2 aromatic carbocycles. The monoisotopic (exact) mass is 349 g/mol. The van der Waals surface area contributed by atoms with Gasteiger partial charge in [0, 0.05) is 29.0 Å². The molecular formula is C22H23NOS. The summed E-state index contributed by atoms with van der Waals surface area (Å²) in [5.74, 6) is 2.19. The van der Waals surface area contributed by atoms with Gasteiger partial charge in [0.2, 0.25) is 0 Å². The van der Waals surface area contributed by atoms with Crippen molar-refractivity contribution in [1.29, 1.82) is 0 Å². The summed E-state index contributed by atoms with van der Waals surface area (Å²) < 4.78 is 5.30. The Morgan fingerprint density at radius 3 is 2.08 bits per heavy atom. The van der Waals surface area contributed by atoms with E-state index in [2.05, 4.69) is 61.3 Å². The minimum atomic E-state index is 0.319. The van der Waals surface area contributed by atoms with Crippen molar-refractivity contribution < 1.29 is 4.74 Å². The largest absolute Gasteiger partial charge is 0.497 e. The molecule has 1 heterocycles. The van der Waals surface area contributed by atoms with E-state index in [4.69, 9.17) is 4.74 Å². The van der Waals surface area contributed by atoms with Crippen LogP contribution in [0.1, 0.15) is 28.2 Å². The Hall–Kier alpha value is -2.26. The van der Waals surface area contributed by atoms with Crippen molar-refractivity contribution in [2.45, 2.75) is 24.7 Å². The highest BCUT2D eigenvalue weighted by Gasteiger charge is 2.15. The number of aryl methyl sites for hydroxylation is 2. The highest BCUT2D eigenvalue weighted by molar-refractivity contribution is 7.99. The second-order valence-corrected chi connectivity index (χ2v) is 7.33. The number of benzene rings is 2. The van der Waals surface area contributed by atoms with Crippen molar-refractivity contribution in [3.05, 3.63) is 89.2 Å². The van der Waals surface area contributed by atoms with Crippen molar-refractivity contribution in [3.63, 3.8) is 0 Å². The molecule has 0 aliphatic carbocycles.